The minimum atomic E-state index is -0.0717. The van der Waals surface area contributed by atoms with Crippen molar-refractivity contribution in [3.8, 4) is 0 Å². The Bertz CT molecular complexity index is 388. The van der Waals surface area contributed by atoms with Gasteiger partial charge in [-0.2, -0.15) is 0 Å². The van der Waals surface area contributed by atoms with Crippen molar-refractivity contribution in [1.29, 1.82) is 0 Å². The van der Waals surface area contributed by atoms with E-state index in [1.807, 2.05) is 33.0 Å². The number of amides is 1. The van der Waals surface area contributed by atoms with Crippen LogP contribution in [-0.4, -0.2) is 44.6 Å². The van der Waals surface area contributed by atoms with E-state index in [0.717, 1.165) is 5.82 Å². The molecule has 0 spiro atoms. The number of halogens is 2. The minimum absolute atomic E-state index is 0. The van der Waals surface area contributed by atoms with Gasteiger partial charge < -0.3 is 15.5 Å². The normalized spacial score (nSPS) is 10.7. The fourth-order valence-corrected chi connectivity index (χ4v) is 1.25. The fraction of sp³-hybridized carbons (Fsp3) is 0.500. The average molecular weight is 309 g/mol. The highest BCUT2D eigenvalue weighted by Crippen LogP contribution is 2.09. The van der Waals surface area contributed by atoms with Crippen molar-refractivity contribution < 1.29 is 4.79 Å². The standard InChI is InChI=1S/C12H20N4O.2ClH/c1-9(13-2)8-15-12(17)10-5-6-14-11(7-10)16(3)4;;/h5-7,9,13H,8H2,1-4H3,(H,15,17);2*1H. The monoisotopic (exact) mass is 308 g/mol. The number of aromatic nitrogens is 1. The van der Waals surface area contributed by atoms with Crippen LogP contribution >= 0.6 is 24.8 Å². The first-order chi connectivity index (χ1) is 8.04. The molecule has 1 atom stereocenters. The second-order valence-electron chi connectivity index (χ2n) is 4.20. The van der Waals surface area contributed by atoms with Crippen LogP contribution in [0.5, 0.6) is 0 Å². The second-order valence-corrected chi connectivity index (χ2v) is 4.20. The number of nitrogens with one attached hydrogen (secondary N) is 2. The molecule has 1 unspecified atom stereocenters. The molecule has 0 aliphatic rings. The molecule has 0 fully saturated rings. The maximum Gasteiger partial charge on any atom is 0.251 e. The molecular weight excluding hydrogens is 287 g/mol. The number of carbonyl (C=O) groups excluding carboxylic acids is 1. The van der Waals surface area contributed by atoms with E-state index in [0.29, 0.717) is 12.1 Å². The zero-order valence-electron chi connectivity index (χ0n) is 11.6. The molecule has 0 radical (unpaired) electrons. The van der Waals surface area contributed by atoms with Crippen LogP contribution in [0.2, 0.25) is 0 Å². The molecule has 1 rings (SSSR count). The summed E-state index contributed by atoms with van der Waals surface area (Å²) in [6.07, 6.45) is 1.64. The lowest BCUT2D eigenvalue weighted by atomic mass is 10.2. The van der Waals surface area contributed by atoms with Crippen molar-refractivity contribution in [2.45, 2.75) is 13.0 Å². The van der Waals surface area contributed by atoms with Gasteiger partial charge in [0, 0.05) is 38.4 Å². The SMILES string of the molecule is CNC(C)CNC(=O)c1ccnc(N(C)C)c1.Cl.Cl. The quantitative estimate of drug-likeness (QED) is 0.861. The zero-order chi connectivity index (χ0) is 12.8. The molecule has 0 saturated carbocycles. The van der Waals surface area contributed by atoms with Crippen molar-refractivity contribution in [3.05, 3.63) is 23.9 Å². The van der Waals surface area contributed by atoms with E-state index in [1.165, 1.54) is 0 Å². The van der Waals surface area contributed by atoms with E-state index in [1.54, 1.807) is 18.3 Å². The second kappa shape index (κ2) is 9.83. The first kappa shape index (κ1) is 20.3. The van der Waals surface area contributed by atoms with E-state index < -0.39 is 0 Å². The summed E-state index contributed by atoms with van der Waals surface area (Å²) in [6, 6.07) is 3.75. The van der Waals surface area contributed by atoms with Gasteiger partial charge in [-0.1, -0.05) is 0 Å². The van der Waals surface area contributed by atoms with Crippen LogP contribution in [-0.2, 0) is 0 Å². The van der Waals surface area contributed by atoms with Crippen LogP contribution in [0.1, 0.15) is 17.3 Å². The first-order valence-electron chi connectivity index (χ1n) is 5.63. The Morgan fingerprint density at radius 2 is 2.05 bits per heavy atom. The molecule has 0 aliphatic heterocycles. The predicted octanol–water partition coefficient (Wildman–Crippen LogP) is 1.33. The van der Waals surface area contributed by atoms with Gasteiger partial charge in [-0.3, -0.25) is 4.79 Å². The molecule has 0 bridgehead atoms. The molecular formula is C12H22Cl2N4O. The molecule has 110 valence electrons. The number of likely N-dealkylation sites (N-methyl/N-ethyl adjacent to an activating group) is 1. The number of nitrogens with zero attached hydrogens (tertiary/aromatic N) is 2. The fourth-order valence-electron chi connectivity index (χ4n) is 1.25. The van der Waals surface area contributed by atoms with E-state index in [9.17, 15) is 4.79 Å². The third-order valence-electron chi connectivity index (χ3n) is 2.53. The molecule has 1 heterocycles. The number of carbonyl (C=O) groups is 1. The number of hydrogen-bond acceptors (Lipinski definition) is 4. The van der Waals surface area contributed by atoms with Gasteiger partial charge in [0.05, 0.1) is 0 Å². The lowest BCUT2D eigenvalue weighted by Gasteiger charge is -2.13. The smallest absolute Gasteiger partial charge is 0.251 e. The maximum absolute atomic E-state index is 11.9. The third kappa shape index (κ3) is 6.61. The van der Waals surface area contributed by atoms with Crippen molar-refractivity contribution in [2.24, 2.45) is 0 Å². The van der Waals surface area contributed by atoms with Crippen LogP contribution in [0.4, 0.5) is 5.82 Å². The summed E-state index contributed by atoms with van der Waals surface area (Å²) in [6.45, 7) is 2.62. The lowest BCUT2D eigenvalue weighted by molar-refractivity contribution is 0.0950. The van der Waals surface area contributed by atoms with Gasteiger partial charge in [-0.15, -0.1) is 24.8 Å². The topological polar surface area (TPSA) is 57.3 Å². The van der Waals surface area contributed by atoms with Crippen LogP contribution in [0.3, 0.4) is 0 Å². The highest BCUT2D eigenvalue weighted by molar-refractivity contribution is 5.94. The van der Waals surface area contributed by atoms with Gasteiger partial charge >= 0.3 is 0 Å². The molecule has 19 heavy (non-hydrogen) atoms. The van der Waals surface area contributed by atoms with Gasteiger partial charge in [0.2, 0.25) is 0 Å². The van der Waals surface area contributed by atoms with Crippen molar-refractivity contribution in [1.82, 2.24) is 15.6 Å². The van der Waals surface area contributed by atoms with Crippen LogP contribution in [0, 0.1) is 0 Å². The minimum Gasteiger partial charge on any atom is -0.363 e. The summed E-state index contributed by atoms with van der Waals surface area (Å²) >= 11 is 0. The van der Waals surface area contributed by atoms with Crippen molar-refractivity contribution in [2.75, 3.05) is 32.6 Å². The zero-order valence-corrected chi connectivity index (χ0v) is 13.3. The Morgan fingerprint density at radius 1 is 1.42 bits per heavy atom. The van der Waals surface area contributed by atoms with E-state index in [4.69, 9.17) is 0 Å². The Hall–Kier alpha value is -1.04. The molecule has 0 aliphatic carbocycles. The molecule has 1 aromatic heterocycles. The number of hydrogen-bond donors (Lipinski definition) is 2. The summed E-state index contributed by atoms with van der Waals surface area (Å²) < 4.78 is 0. The molecule has 1 aromatic rings. The average Bonchev–Trinajstić information content (AvgIpc) is 2.35. The van der Waals surface area contributed by atoms with Gasteiger partial charge in [-0.05, 0) is 26.1 Å². The highest BCUT2D eigenvalue weighted by Gasteiger charge is 2.08. The number of anilines is 1. The lowest BCUT2D eigenvalue weighted by Crippen LogP contribution is -2.37. The Balaban J connectivity index is 0. The molecule has 0 aromatic carbocycles. The predicted molar refractivity (Wildman–Crippen MR) is 83.9 cm³/mol. The molecule has 1 amide bonds. The van der Waals surface area contributed by atoms with Crippen LogP contribution in [0.25, 0.3) is 0 Å². The Labute approximate surface area is 127 Å². The van der Waals surface area contributed by atoms with E-state index >= 15 is 0 Å². The Kier molecular flexibility index (Phi) is 10.5. The summed E-state index contributed by atoms with van der Waals surface area (Å²) in [4.78, 5) is 17.9. The third-order valence-corrected chi connectivity index (χ3v) is 2.53. The number of pyridine rings is 1. The highest BCUT2D eigenvalue weighted by atomic mass is 35.5. The molecule has 0 saturated heterocycles. The maximum atomic E-state index is 11.9. The summed E-state index contributed by atoms with van der Waals surface area (Å²) in [5.41, 5.74) is 0.631. The summed E-state index contributed by atoms with van der Waals surface area (Å²) in [5, 5.41) is 5.93. The number of rotatable bonds is 5. The van der Waals surface area contributed by atoms with Gasteiger partial charge in [-0.25, -0.2) is 4.98 Å². The molecule has 7 heteroatoms. The van der Waals surface area contributed by atoms with Crippen molar-refractivity contribution in [3.63, 3.8) is 0 Å². The van der Waals surface area contributed by atoms with E-state index in [-0.39, 0.29) is 36.8 Å². The summed E-state index contributed by atoms with van der Waals surface area (Å²) in [7, 11) is 5.66. The van der Waals surface area contributed by atoms with Gasteiger partial charge in [0.1, 0.15) is 5.82 Å². The van der Waals surface area contributed by atoms with Crippen LogP contribution in [0.15, 0.2) is 18.3 Å². The molecule has 2 N–H and O–H groups in total. The largest absolute Gasteiger partial charge is 0.363 e. The van der Waals surface area contributed by atoms with Crippen molar-refractivity contribution >= 4 is 36.5 Å². The van der Waals surface area contributed by atoms with E-state index in [2.05, 4.69) is 15.6 Å². The Morgan fingerprint density at radius 3 is 2.58 bits per heavy atom. The molecule has 5 nitrogen and oxygen atoms in total. The van der Waals surface area contributed by atoms with Gasteiger partial charge in [0.25, 0.3) is 5.91 Å². The summed E-state index contributed by atoms with van der Waals surface area (Å²) in [5.74, 6) is 0.705. The van der Waals surface area contributed by atoms with Crippen LogP contribution < -0.4 is 15.5 Å². The first-order valence-corrected chi connectivity index (χ1v) is 5.63. The van der Waals surface area contributed by atoms with Gasteiger partial charge in [0.15, 0.2) is 0 Å².